The normalized spacial score (nSPS) is 26.7. The second-order valence-corrected chi connectivity index (χ2v) is 9.20. The second-order valence-electron chi connectivity index (χ2n) is 6.30. The van der Waals surface area contributed by atoms with Crippen LogP contribution in [0.25, 0.3) is 10.1 Å². The van der Waals surface area contributed by atoms with E-state index in [0.29, 0.717) is 17.5 Å². The highest BCUT2D eigenvalue weighted by Gasteiger charge is 2.39. The van der Waals surface area contributed by atoms with E-state index in [1.807, 2.05) is 0 Å². The van der Waals surface area contributed by atoms with Crippen LogP contribution in [0.1, 0.15) is 29.8 Å². The van der Waals surface area contributed by atoms with E-state index in [-0.39, 0.29) is 22.5 Å². The van der Waals surface area contributed by atoms with Crippen LogP contribution in [0.2, 0.25) is 0 Å². The van der Waals surface area contributed by atoms with Crippen molar-refractivity contribution in [1.29, 1.82) is 0 Å². The molecule has 2 aromatic rings. The highest BCUT2D eigenvalue weighted by Crippen LogP contribution is 2.30. The van der Waals surface area contributed by atoms with Crippen LogP contribution < -0.4 is 10.6 Å². The van der Waals surface area contributed by atoms with E-state index in [1.165, 1.54) is 24.0 Å². The van der Waals surface area contributed by atoms with Gasteiger partial charge in [-0.1, -0.05) is 0 Å². The fourth-order valence-electron chi connectivity index (χ4n) is 3.55. The standard InChI is InChI=1S/C15H17N3O3S2/c1-23(20,21)14-7-22-13-6-16-12(5-9(13)14)15(19)18-11-4-8-2-3-10(11)17-8/h5-8,10-11,17H,2-4H2,1H3,(H,18,19)/t8-,10+,11-/m1/s1. The molecule has 2 aliphatic rings. The summed E-state index contributed by atoms with van der Waals surface area (Å²) in [4.78, 5) is 16.9. The van der Waals surface area contributed by atoms with Gasteiger partial charge in [0.05, 0.1) is 9.60 Å². The van der Waals surface area contributed by atoms with Gasteiger partial charge in [0.15, 0.2) is 9.84 Å². The molecule has 23 heavy (non-hydrogen) atoms. The van der Waals surface area contributed by atoms with Crippen LogP contribution in [0.4, 0.5) is 0 Å². The first-order valence-corrected chi connectivity index (χ1v) is 10.3. The number of fused-ring (bicyclic) bond motifs is 3. The van der Waals surface area contributed by atoms with E-state index in [0.717, 1.165) is 17.5 Å². The predicted molar refractivity (Wildman–Crippen MR) is 88.5 cm³/mol. The van der Waals surface area contributed by atoms with Crippen molar-refractivity contribution in [3.8, 4) is 0 Å². The number of carbonyl (C=O) groups is 1. The highest BCUT2D eigenvalue weighted by atomic mass is 32.2. The molecule has 4 heterocycles. The van der Waals surface area contributed by atoms with Gasteiger partial charge in [-0.3, -0.25) is 4.79 Å². The molecule has 6 nitrogen and oxygen atoms in total. The van der Waals surface area contributed by atoms with Gasteiger partial charge in [-0.05, 0) is 25.3 Å². The Morgan fingerprint density at radius 1 is 1.43 bits per heavy atom. The molecule has 2 fully saturated rings. The van der Waals surface area contributed by atoms with Gasteiger partial charge in [0.2, 0.25) is 0 Å². The molecule has 1 amide bonds. The summed E-state index contributed by atoms with van der Waals surface area (Å²) < 4.78 is 24.4. The molecule has 0 aromatic carbocycles. The molecule has 0 radical (unpaired) electrons. The summed E-state index contributed by atoms with van der Waals surface area (Å²) in [5.41, 5.74) is 0.267. The largest absolute Gasteiger partial charge is 0.346 e. The van der Waals surface area contributed by atoms with Crippen LogP contribution in [-0.4, -0.2) is 43.7 Å². The third kappa shape index (κ3) is 2.64. The Labute approximate surface area is 138 Å². The summed E-state index contributed by atoms with van der Waals surface area (Å²) in [6.45, 7) is 0. The Balaban J connectivity index is 1.62. The lowest BCUT2D eigenvalue weighted by Gasteiger charge is -2.21. The van der Waals surface area contributed by atoms with Crippen LogP contribution in [-0.2, 0) is 9.84 Å². The van der Waals surface area contributed by atoms with E-state index in [9.17, 15) is 13.2 Å². The number of aromatic nitrogens is 1. The van der Waals surface area contributed by atoms with Gasteiger partial charge < -0.3 is 10.6 Å². The zero-order valence-electron chi connectivity index (χ0n) is 12.6. The lowest BCUT2D eigenvalue weighted by atomic mass is 9.95. The van der Waals surface area contributed by atoms with Crippen molar-refractivity contribution in [2.75, 3.05) is 6.26 Å². The summed E-state index contributed by atoms with van der Waals surface area (Å²) in [6.07, 6.45) is 5.96. The summed E-state index contributed by atoms with van der Waals surface area (Å²) in [7, 11) is -3.32. The van der Waals surface area contributed by atoms with Crippen molar-refractivity contribution in [2.24, 2.45) is 0 Å². The number of rotatable bonds is 3. The average Bonchev–Trinajstić information content (AvgIpc) is 3.20. The Hall–Kier alpha value is -1.51. The number of pyridine rings is 1. The molecular weight excluding hydrogens is 334 g/mol. The first-order chi connectivity index (χ1) is 10.9. The summed E-state index contributed by atoms with van der Waals surface area (Å²) in [6, 6.07) is 2.57. The highest BCUT2D eigenvalue weighted by molar-refractivity contribution is 7.91. The minimum Gasteiger partial charge on any atom is -0.346 e. The van der Waals surface area contributed by atoms with Gasteiger partial charge in [0, 0.05) is 41.3 Å². The third-order valence-corrected chi connectivity index (χ3v) is 6.89. The Kier molecular flexibility index (Phi) is 3.44. The second kappa shape index (κ2) is 5.25. The van der Waals surface area contributed by atoms with Crippen LogP contribution in [0.15, 0.2) is 22.5 Å². The van der Waals surface area contributed by atoms with Crippen molar-refractivity contribution in [3.05, 3.63) is 23.3 Å². The maximum Gasteiger partial charge on any atom is 0.270 e. The van der Waals surface area contributed by atoms with Crippen molar-refractivity contribution in [2.45, 2.75) is 42.3 Å². The number of amides is 1. The zero-order chi connectivity index (χ0) is 16.2. The number of nitrogens with zero attached hydrogens (tertiary/aromatic N) is 1. The van der Waals surface area contributed by atoms with E-state index in [1.54, 1.807) is 17.6 Å². The van der Waals surface area contributed by atoms with Crippen LogP contribution in [0.5, 0.6) is 0 Å². The van der Waals surface area contributed by atoms with Gasteiger partial charge in [-0.15, -0.1) is 11.3 Å². The molecule has 0 aliphatic carbocycles. The van der Waals surface area contributed by atoms with Crippen LogP contribution in [0, 0.1) is 0 Å². The van der Waals surface area contributed by atoms with Gasteiger partial charge in [0.1, 0.15) is 5.69 Å². The monoisotopic (exact) mass is 351 g/mol. The van der Waals surface area contributed by atoms with Gasteiger partial charge in [0.25, 0.3) is 5.91 Å². The van der Waals surface area contributed by atoms with Gasteiger partial charge >= 0.3 is 0 Å². The predicted octanol–water partition coefficient (Wildman–Crippen LogP) is 1.32. The Bertz CT molecular complexity index is 891. The van der Waals surface area contributed by atoms with E-state index in [2.05, 4.69) is 15.6 Å². The molecule has 122 valence electrons. The molecule has 2 aromatic heterocycles. The molecule has 0 spiro atoms. The van der Waals surface area contributed by atoms with E-state index >= 15 is 0 Å². The lowest BCUT2D eigenvalue weighted by Crippen LogP contribution is -2.43. The van der Waals surface area contributed by atoms with Crippen LogP contribution >= 0.6 is 11.3 Å². The van der Waals surface area contributed by atoms with Crippen molar-refractivity contribution < 1.29 is 13.2 Å². The van der Waals surface area contributed by atoms with Gasteiger partial charge in [-0.2, -0.15) is 0 Å². The average molecular weight is 351 g/mol. The quantitative estimate of drug-likeness (QED) is 0.871. The van der Waals surface area contributed by atoms with Crippen molar-refractivity contribution in [3.63, 3.8) is 0 Å². The van der Waals surface area contributed by atoms with E-state index in [4.69, 9.17) is 0 Å². The third-order valence-electron chi connectivity index (χ3n) is 4.67. The van der Waals surface area contributed by atoms with Gasteiger partial charge in [-0.25, -0.2) is 13.4 Å². The van der Waals surface area contributed by atoms with E-state index < -0.39 is 9.84 Å². The number of hydrogen-bond acceptors (Lipinski definition) is 6. The molecule has 3 atom stereocenters. The number of thiophene rings is 1. The molecule has 4 rings (SSSR count). The Morgan fingerprint density at radius 3 is 2.91 bits per heavy atom. The number of carbonyl (C=O) groups excluding carboxylic acids is 1. The minimum absolute atomic E-state index is 0.135. The number of nitrogens with one attached hydrogen (secondary N) is 2. The Morgan fingerprint density at radius 2 is 2.26 bits per heavy atom. The zero-order valence-corrected chi connectivity index (χ0v) is 14.2. The maximum absolute atomic E-state index is 12.5. The van der Waals surface area contributed by atoms with Crippen molar-refractivity contribution >= 4 is 37.2 Å². The molecule has 0 unspecified atom stereocenters. The molecular formula is C15H17N3O3S2. The van der Waals surface area contributed by atoms with Crippen molar-refractivity contribution in [1.82, 2.24) is 15.6 Å². The number of sulfone groups is 1. The maximum atomic E-state index is 12.5. The lowest BCUT2D eigenvalue weighted by molar-refractivity contribution is 0.0926. The molecule has 2 bridgehead atoms. The fraction of sp³-hybridized carbons (Fsp3) is 0.467. The molecule has 2 N–H and O–H groups in total. The molecule has 2 aliphatic heterocycles. The summed E-state index contributed by atoms with van der Waals surface area (Å²) in [5.74, 6) is -0.239. The SMILES string of the molecule is CS(=O)(=O)c1csc2cnc(C(=O)N[C@@H]3C[C@H]4CC[C@@H]3N4)cc12. The first-order valence-electron chi connectivity index (χ1n) is 7.56. The van der Waals surface area contributed by atoms with Crippen LogP contribution in [0.3, 0.4) is 0 Å². The minimum atomic E-state index is -3.32. The molecule has 2 saturated heterocycles. The first kappa shape index (κ1) is 15.0. The molecule has 8 heteroatoms. The molecule has 0 saturated carbocycles. The smallest absolute Gasteiger partial charge is 0.270 e. The number of hydrogen-bond donors (Lipinski definition) is 2. The topological polar surface area (TPSA) is 88.2 Å². The fourth-order valence-corrected chi connectivity index (χ4v) is 5.79. The summed E-state index contributed by atoms with van der Waals surface area (Å²) >= 11 is 1.32. The summed E-state index contributed by atoms with van der Waals surface area (Å²) in [5, 5.41) is 8.68.